The molecule has 1 heterocycles. The van der Waals surface area contributed by atoms with Gasteiger partial charge in [-0.05, 0) is 31.1 Å². The van der Waals surface area contributed by atoms with E-state index in [4.69, 9.17) is 5.41 Å². The normalized spacial score (nSPS) is 33.1. The van der Waals surface area contributed by atoms with Gasteiger partial charge in [0.25, 0.3) is 0 Å². The van der Waals surface area contributed by atoms with Crippen molar-refractivity contribution in [3.8, 4) is 0 Å². The van der Waals surface area contributed by atoms with Gasteiger partial charge in [-0.2, -0.15) is 0 Å². The molecule has 1 saturated carbocycles. The van der Waals surface area contributed by atoms with Gasteiger partial charge in [0.05, 0.1) is 0 Å². The van der Waals surface area contributed by atoms with Crippen molar-refractivity contribution >= 4 is 11.9 Å². The van der Waals surface area contributed by atoms with Crippen LogP contribution in [0.15, 0.2) is 0 Å². The highest BCUT2D eigenvalue weighted by atomic mass is 16.2. The minimum absolute atomic E-state index is 0.0664. The molecule has 102 valence electrons. The third-order valence-corrected chi connectivity index (χ3v) is 4.34. The van der Waals surface area contributed by atoms with Crippen LogP contribution >= 0.6 is 0 Å². The molecule has 1 aliphatic heterocycles. The van der Waals surface area contributed by atoms with Gasteiger partial charge in [0.15, 0.2) is 0 Å². The first-order chi connectivity index (χ1) is 8.45. The first-order valence-electron chi connectivity index (χ1n) is 7.13. The molecule has 2 unspecified atom stereocenters. The number of amides is 2. The van der Waals surface area contributed by atoms with Crippen LogP contribution in [0.1, 0.15) is 52.9 Å². The average molecular weight is 251 g/mol. The Balaban J connectivity index is 2.25. The molecule has 18 heavy (non-hydrogen) atoms. The fourth-order valence-electron chi connectivity index (χ4n) is 3.26. The number of rotatable bonds is 2. The minimum Gasteiger partial charge on any atom is -0.311 e. The molecule has 2 aliphatic rings. The lowest BCUT2D eigenvalue weighted by atomic mass is 9.87. The van der Waals surface area contributed by atoms with Crippen LogP contribution in [0.2, 0.25) is 0 Å². The van der Waals surface area contributed by atoms with Crippen LogP contribution in [0.4, 0.5) is 4.79 Å². The molecule has 2 atom stereocenters. The SMILES string of the molecule is CC(C)CN1C(=O)NC(=N)C12CCCC(C)CC2. The summed E-state index contributed by atoms with van der Waals surface area (Å²) in [7, 11) is 0. The number of hydrogen-bond acceptors (Lipinski definition) is 2. The van der Waals surface area contributed by atoms with Crippen LogP contribution in [0.3, 0.4) is 0 Å². The largest absolute Gasteiger partial charge is 0.323 e. The highest BCUT2D eigenvalue weighted by molar-refractivity contribution is 6.08. The van der Waals surface area contributed by atoms with Crippen molar-refractivity contribution in [1.82, 2.24) is 10.2 Å². The molecular formula is C14H25N3O. The Labute approximate surface area is 110 Å². The number of nitrogens with zero attached hydrogens (tertiary/aromatic N) is 1. The Bertz CT molecular complexity index is 353. The summed E-state index contributed by atoms with van der Waals surface area (Å²) in [6.07, 6.45) is 5.35. The van der Waals surface area contributed by atoms with E-state index in [1.54, 1.807) is 0 Å². The van der Waals surface area contributed by atoms with Crippen molar-refractivity contribution in [2.24, 2.45) is 11.8 Å². The second kappa shape index (κ2) is 4.90. The van der Waals surface area contributed by atoms with Gasteiger partial charge >= 0.3 is 6.03 Å². The summed E-state index contributed by atoms with van der Waals surface area (Å²) in [6.45, 7) is 7.28. The number of urea groups is 1. The molecule has 0 aromatic carbocycles. The Hall–Kier alpha value is -1.06. The molecule has 0 aromatic heterocycles. The van der Waals surface area contributed by atoms with Gasteiger partial charge in [0.1, 0.15) is 11.4 Å². The second-order valence-electron chi connectivity index (χ2n) is 6.38. The lowest BCUT2D eigenvalue weighted by molar-refractivity contribution is 0.151. The third-order valence-electron chi connectivity index (χ3n) is 4.34. The Kier molecular flexibility index (Phi) is 3.64. The first-order valence-corrected chi connectivity index (χ1v) is 7.13. The van der Waals surface area contributed by atoms with Crippen LogP contribution < -0.4 is 5.32 Å². The number of amidine groups is 1. The quantitative estimate of drug-likeness (QED) is 0.779. The minimum atomic E-state index is -0.327. The van der Waals surface area contributed by atoms with E-state index >= 15 is 0 Å². The van der Waals surface area contributed by atoms with Crippen LogP contribution in [-0.4, -0.2) is 28.9 Å². The van der Waals surface area contributed by atoms with E-state index in [-0.39, 0.29) is 11.6 Å². The number of carbonyl (C=O) groups excluding carboxylic acids is 1. The molecule has 0 radical (unpaired) electrons. The molecule has 0 bridgehead atoms. The maximum atomic E-state index is 12.1. The van der Waals surface area contributed by atoms with Crippen molar-refractivity contribution in [3.05, 3.63) is 0 Å². The van der Waals surface area contributed by atoms with Crippen molar-refractivity contribution in [1.29, 1.82) is 5.41 Å². The van der Waals surface area contributed by atoms with Crippen molar-refractivity contribution < 1.29 is 4.79 Å². The van der Waals surface area contributed by atoms with Crippen LogP contribution in [0.25, 0.3) is 0 Å². The standard InChI is InChI=1S/C14H25N3O/c1-10(2)9-17-13(18)16-12(15)14(17)7-4-5-11(3)6-8-14/h10-11H,4-9H2,1-3H3,(H2,15,16,18). The van der Waals surface area contributed by atoms with Gasteiger partial charge < -0.3 is 4.90 Å². The first kappa shape index (κ1) is 13.4. The predicted molar refractivity (Wildman–Crippen MR) is 72.8 cm³/mol. The molecular weight excluding hydrogens is 226 g/mol. The maximum Gasteiger partial charge on any atom is 0.323 e. The molecule has 2 fully saturated rings. The van der Waals surface area contributed by atoms with Gasteiger partial charge in [0.2, 0.25) is 0 Å². The second-order valence-corrected chi connectivity index (χ2v) is 6.38. The zero-order valence-corrected chi connectivity index (χ0v) is 11.8. The van der Waals surface area contributed by atoms with E-state index in [9.17, 15) is 4.79 Å². The smallest absolute Gasteiger partial charge is 0.311 e. The summed E-state index contributed by atoms with van der Waals surface area (Å²) >= 11 is 0. The fourth-order valence-corrected chi connectivity index (χ4v) is 3.26. The maximum absolute atomic E-state index is 12.1. The van der Waals surface area contributed by atoms with E-state index in [1.807, 2.05) is 4.90 Å². The molecule has 4 nitrogen and oxygen atoms in total. The molecule has 1 spiro atoms. The third kappa shape index (κ3) is 2.25. The van der Waals surface area contributed by atoms with Crippen LogP contribution in [-0.2, 0) is 0 Å². The monoisotopic (exact) mass is 251 g/mol. The van der Waals surface area contributed by atoms with E-state index in [2.05, 4.69) is 26.1 Å². The number of carbonyl (C=O) groups is 1. The summed E-state index contributed by atoms with van der Waals surface area (Å²) in [6, 6.07) is -0.0664. The molecule has 0 aromatic rings. The van der Waals surface area contributed by atoms with Gasteiger partial charge in [-0.15, -0.1) is 0 Å². The zero-order valence-electron chi connectivity index (χ0n) is 11.8. The van der Waals surface area contributed by atoms with Gasteiger partial charge in [-0.3, -0.25) is 10.7 Å². The van der Waals surface area contributed by atoms with Crippen molar-refractivity contribution in [3.63, 3.8) is 0 Å². The molecule has 1 aliphatic carbocycles. The molecule has 2 N–H and O–H groups in total. The summed E-state index contributed by atoms with van der Waals surface area (Å²) in [5.41, 5.74) is -0.327. The van der Waals surface area contributed by atoms with E-state index in [0.29, 0.717) is 17.7 Å². The molecule has 1 saturated heterocycles. The van der Waals surface area contributed by atoms with Crippen molar-refractivity contribution in [2.45, 2.75) is 58.4 Å². The van der Waals surface area contributed by atoms with Gasteiger partial charge in [-0.25, -0.2) is 4.79 Å². The zero-order chi connectivity index (χ0) is 13.3. The molecule has 4 heteroatoms. The Morgan fingerprint density at radius 3 is 2.83 bits per heavy atom. The highest BCUT2D eigenvalue weighted by Gasteiger charge is 2.50. The highest BCUT2D eigenvalue weighted by Crippen LogP contribution is 2.38. The topological polar surface area (TPSA) is 56.2 Å². The summed E-state index contributed by atoms with van der Waals surface area (Å²) in [5.74, 6) is 1.59. The van der Waals surface area contributed by atoms with Crippen LogP contribution in [0.5, 0.6) is 0 Å². The fraction of sp³-hybridized carbons (Fsp3) is 0.857. The predicted octanol–water partition coefficient (Wildman–Crippen LogP) is 2.98. The van der Waals surface area contributed by atoms with E-state index in [1.165, 1.54) is 6.42 Å². The van der Waals surface area contributed by atoms with Gasteiger partial charge in [0, 0.05) is 6.54 Å². The van der Waals surface area contributed by atoms with Crippen molar-refractivity contribution in [2.75, 3.05) is 6.54 Å². The molecule has 2 amide bonds. The summed E-state index contributed by atoms with van der Waals surface area (Å²) in [5, 5.41) is 10.9. The molecule has 2 rings (SSSR count). The van der Waals surface area contributed by atoms with Crippen LogP contribution in [0, 0.1) is 17.2 Å². The number of hydrogen-bond donors (Lipinski definition) is 2. The summed E-state index contributed by atoms with van der Waals surface area (Å²) in [4.78, 5) is 14.0. The van der Waals surface area contributed by atoms with E-state index < -0.39 is 0 Å². The average Bonchev–Trinajstić information content (AvgIpc) is 2.45. The Morgan fingerprint density at radius 2 is 2.17 bits per heavy atom. The lowest BCUT2D eigenvalue weighted by Gasteiger charge is -2.37. The van der Waals surface area contributed by atoms with E-state index in [0.717, 1.165) is 32.2 Å². The number of nitrogens with one attached hydrogen (secondary N) is 2. The van der Waals surface area contributed by atoms with Gasteiger partial charge in [-0.1, -0.05) is 33.6 Å². The Morgan fingerprint density at radius 1 is 1.44 bits per heavy atom. The lowest BCUT2D eigenvalue weighted by Crippen LogP contribution is -2.50. The summed E-state index contributed by atoms with van der Waals surface area (Å²) < 4.78 is 0.